The summed E-state index contributed by atoms with van der Waals surface area (Å²) >= 11 is -1.24. The van der Waals surface area contributed by atoms with Gasteiger partial charge in [0, 0.05) is 0 Å². The first kappa shape index (κ1) is 7.31. The van der Waals surface area contributed by atoms with E-state index in [-0.39, 0.29) is 10.1 Å². The van der Waals surface area contributed by atoms with Gasteiger partial charge < -0.3 is 0 Å². The Hall–Kier alpha value is 0.200. The topological polar surface area (TPSA) is 26.3 Å². The van der Waals surface area contributed by atoms with Crippen LogP contribution in [0.25, 0.3) is 0 Å². The van der Waals surface area contributed by atoms with Gasteiger partial charge in [0.1, 0.15) is 0 Å². The summed E-state index contributed by atoms with van der Waals surface area (Å²) in [6, 6.07) is 0. The molecule has 0 bridgehead atoms. The van der Waals surface area contributed by atoms with E-state index in [1.54, 1.807) is 0 Å². The summed E-state index contributed by atoms with van der Waals surface area (Å²) in [5, 5.41) is 0. The summed E-state index contributed by atoms with van der Waals surface area (Å²) in [6.45, 7) is 1.96. The van der Waals surface area contributed by atoms with E-state index in [9.17, 15) is 4.79 Å². The van der Waals surface area contributed by atoms with Crippen LogP contribution in [0.2, 0.25) is 0 Å². The molecule has 0 N–H and O–H groups in total. The van der Waals surface area contributed by atoms with Gasteiger partial charge in [-0.15, -0.1) is 0 Å². The molecule has 0 amide bonds. The molecule has 1 unspecified atom stereocenters. The first-order chi connectivity index (χ1) is 4.20. The molecule has 1 fully saturated rings. The number of halogens is 1. The van der Waals surface area contributed by atoms with Gasteiger partial charge in [-0.05, 0) is 0 Å². The molecule has 0 aromatic heterocycles. The number of carbonyl (C=O) groups excluding carboxylic acids is 1. The zero-order valence-electron chi connectivity index (χ0n) is 5.69. The molecule has 54 valence electrons. The van der Waals surface area contributed by atoms with Crippen molar-refractivity contribution in [2.75, 3.05) is 9.36 Å². The van der Waals surface area contributed by atoms with Crippen molar-refractivity contribution in [2.24, 2.45) is 0 Å². The fourth-order valence-corrected chi connectivity index (χ4v) is 3.81. The summed E-state index contributed by atoms with van der Waals surface area (Å²) in [7, 11) is 0. The fraction of sp³-hybridized carbons (Fsp3) is 0.833. The maximum absolute atomic E-state index is 10.9. The van der Waals surface area contributed by atoms with Crippen molar-refractivity contribution >= 4 is 23.8 Å². The fourth-order valence-electron chi connectivity index (χ4n) is 0.688. The monoisotopic (exact) mass is 242 g/mol. The van der Waals surface area contributed by atoms with Crippen LogP contribution in [0, 0.1) is 0 Å². The van der Waals surface area contributed by atoms with Gasteiger partial charge in [0.25, 0.3) is 0 Å². The van der Waals surface area contributed by atoms with Crippen molar-refractivity contribution < 1.29 is 9.53 Å². The van der Waals surface area contributed by atoms with Crippen molar-refractivity contribution in [1.29, 1.82) is 0 Å². The van der Waals surface area contributed by atoms with Crippen molar-refractivity contribution in [3.05, 3.63) is 0 Å². The molecule has 1 atom stereocenters. The summed E-state index contributed by atoms with van der Waals surface area (Å²) in [4.78, 5) is 12.9. The second-order valence-corrected chi connectivity index (χ2v) is 7.56. The molecule has 3 heteroatoms. The van der Waals surface area contributed by atoms with Crippen molar-refractivity contribution in [3.8, 4) is 0 Å². The van der Waals surface area contributed by atoms with Gasteiger partial charge in [0.2, 0.25) is 0 Å². The Morgan fingerprint density at radius 3 is 2.89 bits per heavy atom. The molecule has 1 aliphatic heterocycles. The standard InChI is InChI=1S/C6H11IO2/c1-5-3-4-7(2)6(8)9-5/h5H,3-4H2,1-2H3. The SMILES string of the molecule is CC1CCI(C)C(=O)O1. The Morgan fingerprint density at radius 1 is 1.78 bits per heavy atom. The van der Waals surface area contributed by atoms with Gasteiger partial charge in [-0.1, -0.05) is 0 Å². The third kappa shape index (κ3) is 1.81. The number of carbonyl (C=O) groups is 1. The molecule has 0 spiro atoms. The molecule has 0 radical (unpaired) electrons. The number of rotatable bonds is 0. The van der Waals surface area contributed by atoms with E-state index in [1.165, 1.54) is 0 Å². The summed E-state index contributed by atoms with van der Waals surface area (Å²) in [6.07, 6.45) is 1.28. The Balaban J connectivity index is 2.44. The zero-order chi connectivity index (χ0) is 6.85. The number of ether oxygens (including phenoxy) is 1. The number of hydrogen-bond donors (Lipinski definition) is 0. The van der Waals surface area contributed by atoms with Crippen LogP contribution in [0.15, 0.2) is 0 Å². The van der Waals surface area contributed by atoms with E-state index in [0.717, 1.165) is 10.8 Å². The Kier molecular flexibility index (Phi) is 2.32. The number of cyclic esters (lactones) is 1. The molecule has 1 rings (SSSR count). The Morgan fingerprint density at radius 2 is 2.44 bits per heavy atom. The van der Waals surface area contributed by atoms with Crippen LogP contribution in [0.4, 0.5) is 4.79 Å². The van der Waals surface area contributed by atoms with E-state index in [4.69, 9.17) is 4.74 Å². The first-order valence-electron chi connectivity index (χ1n) is 2.96. The molecule has 0 aromatic carbocycles. The third-order valence-corrected chi connectivity index (χ3v) is 5.36. The van der Waals surface area contributed by atoms with Gasteiger partial charge in [-0.25, -0.2) is 0 Å². The van der Waals surface area contributed by atoms with Gasteiger partial charge in [0.15, 0.2) is 0 Å². The Bertz CT molecular complexity index is 124. The van der Waals surface area contributed by atoms with Gasteiger partial charge >= 0.3 is 62.1 Å². The van der Waals surface area contributed by atoms with Crippen LogP contribution in [-0.2, 0) is 4.74 Å². The summed E-state index contributed by atoms with van der Waals surface area (Å²) in [5.74, 6) is 0. The van der Waals surface area contributed by atoms with Crippen molar-refractivity contribution in [3.63, 3.8) is 0 Å². The van der Waals surface area contributed by atoms with Crippen LogP contribution in [-0.4, -0.2) is 19.4 Å². The second-order valence-electron chi connectivity index (χ2n) is 2.23. The molecule has 1 aliphatic rings. The predicted molar refractivity (Wildman–Crippen MR) is 45.4 cm³/mol. The van der Waals surface area contributed by atoms with E-state index < -0.39 is 19.8 Å². The Labute approximate surface area is 62.3 Å². The van der Waals surface area contributed by atoms with Crippen LogP contribution in [0.3, 0.4) is 0 Å². The van der Waals surface area contributed by atoms with E-state index in [1.807, 2.05) is 6.92 Å². The maximum atomic E-state index is 10.9. The average Bonchev–Trinajstić information content (AvgIpc) is 1.80. The van der Waals surface area contributed by atoms with Crippen LogP contribution in [0.1, 0.15) is 13.3 Å². The number of hydrogen-bond acceptors (Lipinski definition) is 2. The number of alkyl halides is 2. The van der Waals surface area contributed by atoms with Crippen LogP contribution >= 0.6 is 19.8 Å². The van der Waals surface area contributed by atoms with E-state index >= 15 is 0 Å². The quantitative estimate of drug-likeness (QED) is 0.369. The molecule has 0 saturated carbocycles. The van der Waals surface area contributed by atoms with E-state index in [0.29, 0.717) is 0 Å². The van der Waals surface area contributed by atoms with Crippen LogP contribution in [0.5, 0.6) is 0 Å². The molecule has 1 heterocycles. The molecular formula is C6H11IO2. The molecule has 0 aromatic rings. The molecule has 9 heavy (non-hydrogen) atoms. The first-order valence-corrected chi connectivity index (χ1v) is 7.73. The molecule has 2 nitrogen and oxygen atoms in total. The predicted octanol–water partition coefficient (Wildman–Crippen LogP) is 2.05. The van der Waals surface area contributed by atoms with Crippen LogP contribution < -0.4 is 0 Å². The van der Waals surface area contributed by atoms with E-state index in [2.05, 4.69) is 4.93 Å². The summed E-state index contributed by atoms with van der Waals surface area (Å²) in [5.41, 5.74) is 0. The summed E-state index contributed by atoms with van der Waals surface area (Å²) < 4.78 is 6.30. The van der Waals surface area contributed by atoms with Gasteiger partial charge in [-0.3, -0.25) is 0 Å². The van der Waals surface area contributed by atoms with Gasteiger partial charge in [-0.2, -0.15) is 0 Å². The molecular weight excluding hydrogens is 231 g/mol. The van der Waals surface area contributed by atoms with Gasteiger partial charge in [0.05, 0.1) is 0 Å². The van der Waals surface area contributed by atoms with Crippen molar-refractivity contribution in [1.82, 2.24) is 0 Å². The third-order valence-electron chi connectivity index (χ3n) is 1.36. The minimum atomic E-state index is -1.24. The normalized spacial score (nSPS) is 32.0. The molecule has 1 saturated heterocycles. The minimum absolute atomic E-state index is 0.123. The average molecular weight is 242 g/mol. The second kappa shape index (κ2) is 2.86. The molecule has 0 aliphatic carbocycles. The van der Waals surface area contributed by atoms with Crippen molar-refractivity contribution in [2.45, 2.75) is 19.4 Å². The zero-order valence-corrected chi connectivity index (χ0v) is 7.84.